The molecular formula is C12H18O4. The molecule has 1 saturated carbocycles. The summed E-state index contributed by atoms with van der Waals surface area (Å²) in [5.74, 6) is 0.129. The molecule has 2 heterocycles. The first-order valence-electron chi connectivity index (χ1n) is 6.07. The van der Waals surface area contributed by atoms with Gasteiger partial charge in [-0.25, -0.2) is 0 Å². The fourth-order valence-electron chi connectivity index (χ4n) is 3.60. The summed E-state index contributed by atoms with van der Waals surface area (Å²) in [5, 5.41) is 9.93. The quantitative estimate of drug-likeness (QED) is 0.494. The molecule has 3 fully saturated rings. The SMILES string of the molecule is C[C@@H]1CC[C@H](O)[C@@H]2O[C@]2(C)[C@]12CCC(=O)O2. The van der Waals surface area contributed by atoms with Crippen LogP contribution in [0.1, 0.15) is 39.5 Å². The second-order valence-corrected chi connectivity index (χ2v) is 5.55. The lowest BCUT2D eigenvalue weighted by atomic mass is 9.75. The van der Waals surface area contributed by atoms with E-state index in [9.17, 15) is 9.90 Å². The Balaban J connectivity index is 1.98. The molecule has 5 atom stereocenters. The minimum absolute atomic E-state index is 0.126. The summed E-state index contributed by atoms with van der Waals surface area (Å²) in [6, 6.07) is 0. The predicted molar refractivity (Wildman–Crippen MR) is 55.7 cm³/mol. The number of aliphatic hydroxyl groups is 1. The van der Waals surface area contributed by atoms with Gasteiger partial charge in [0.05, 0.1) is 6.10 Å². The summed E-state index contributed by atoms with van der Waals surface area (Å²) in [7, 11) is 0. The van der Waals surface area contributed by atoms with Crippen LogP contribution in [-0.4, -0.2) is 34.5 Å². The molecule has 4 heteroatoms. The van der Waals surface area contributed by atoms with Crippen LogP contribution < -0.4 is 0 Å². The number of carbonyl (C=O) groups excluding carboxylic acids is 1. The molecule has 3 rings (SSSR count). The second kappa shape index (κ2) is 2.99. The van der Waals surface area contributed by atoms with Gasteiger partial charge < -0.3 is 14.6 Å². The van der Waals surface area contributed by atoms with Crippen molar-refractivity contribution in [2.45, 2.75) is 62.9 Å². The van der Waals surface area contributed by atoms with Crippen molar-refractivity contribution < 1.29 is 19.4 Å². The van der Waals surface area contributed by atoms with Crippen LogP contribution in [0.3, 0.4) is 0 Å². The number of aliphatic hydroxyl groups excluding tert-OH is 1. The first kappa shape index (κ1) is 10.5. The molecule has 0 unspecified atom stereocenters. The first-order chi connectivity index (χ1) is 7.49. The Morgan fingerprint density at radius 1 is 1.44 bits per heavy atom. The number of hydrogen-bond donors (Lipinski definition) is 1. The molecule has 1 N–H and O–H groups in total. The number of fused-ring (bicyclic) bond motifs is 2. The highest BCUT2D eigenvalue weighted by molar-refractivity contribution is 5.73. The molecule has 4 nitrogen and oxygen atoms in total. The summed E-state index contributed by atoms with van der Waals surface area (Å²) < 4.78 is 11.3. The van der Waals surface area contributed by atoms with Crippen molar-refractivity contribution in [3.05, 3.63) is 0 Å². The van der Waals surface area contributed by atoms with Gasteiger partial charge in [-0.2, -0.15) is 0 Å². The topological polar surface area (TPSA) is 59.1 Å². The average Bonchev–Trinajstić information content (AvgIpc) is 2.78. The van der Waals surface area contributed by atoms with Gasteiger partial charge in [-0.15, -0.1) is 0 Å². The Hall–Kier alpha value is -0.610. The van der Waals surface area contributed by atoms with E-state index in [1.165, 1.54) is 0 Å². The van der Waals surface area contributed by atoms with E-state index in [4.69, 9.17) is 9.47 Å². The fraction of sp³-hybridized carbons (Fsp3) is 0.917. The van der Waals surface area contributed by atoms with Crippen LogP contribution in [0, 0.1) is 5.92 Å². The van der Waals surface area contributed by atoms with E-state index < -0.39 is 17.3 Å². The zero-order valence-electron chi connectivity index (χ0n) is 9.73. The van der Waals surface area contributed by atoms with Crippen LogP contribution in [0.4, 0.5) is 0 Å². The Labute approximate surface area is 94.9 Å². The maximum atomic E-state index is 11.4. The van der Waals surface area contributed by atoms with Crippen molar-refractivity contribution >= 4 is 5.97 Å². The lowest BCUT2D eigenvalue weighted by molar-refractivity contribution is -0.160. The van der Waals surface area contributed by atoms with Gasteiger partial charge in [0, 0.05) is 12.8 Å². The number of esters is 1. The van der Waals surface area contributed by atoms with Gasteiger partial charge in [0.1, 0.15) is 17.3 Å². The van der Waals surface area contributed by atoms with Gasteiger partial charge in [0.2, 0.25) is 0 Å². The molecule has 0 aromatic heterocycles. The molecular weight excluding hydrogens is 208 g/mol. The highest BCUT2D eigenvalue weighted by Gasteiger charge is 2.73. The third-order valence-corrected chi connectivity index (χ3v) is 4.74. The zero-order chi connectivity index (χ0) is 11.6. The summed E-state index contributed by atoms with van der Waals surface area (Å²) in [6.45, 7) is 4.07. The Bertz CT molecular complexity index is 342. The standard InChI is InChI=1S/C12H18O4/c1-7-3-4-8(13)10-11(2,16-10)12(7)6-5-9(14)15-12/h7-8,10,13H,3-6H2,1-2H3/t7-,8+,10+,11+,12+/m1/s1. The van der Waals surface area contributed by atoms with E-state index >= 15 is 0 Å². The van der Waals surface area contributed by atoms with Crippen LogP contribution >= 0.6 is 0 Å². The summed E-state index contributed by atoms with van der Waals surface area (Å²) in [6.07, 6.45) is 2.28. The number of rotatable bonds is 0. The normalized spacial score (nSPS) is 55.7. The van der Waals surface area contributed by atoms with Gasteiger partial charge in [-0.05, 0) is 25.7 Å². The smallest absolute Gasteiger partial charge is 0.306 e. The van der Waals surface area contributed by atoms with Crippen molar-refractivity contribution in [2.75, 3.05) is 0 Å². The number of ether oxygens (including phenoxy) is 2. The van der Waals surface area contributed by atoms with Crippen LogP contribution in [0.15, 0.2) is 0 Å². The molecule has 2 aliphatic heterocycles. The zero-order valence-corrected chi connectivity index (χ0v) is 9.73. The van der Waals surface area contributed by atoms with Crippen molar-refractivity contribution in [1.82, 2.24) is 0 Å². The molecule has 3 aliphatic rings. The number of hydrogen-bond acceptors (Lipinski definition) is 4. The van der Waals surface area contributed by atoms with E-state index in [0.29, 0.717) is 6.42 Å². The van der Waals surface area contributed by atoms with Gasteiger partial charge >= 0.3 is 5.97 Å². The maximum absolute atomic E-state index is 11.4. The van der Waals surface area contributed by atoms with Crippen LogP contribution in [-0.2, 0) is 14.3 Å². The van der Waals surface area contributed by atoms with Gasteiger partial charge in [-0.1, -0.05) is 6.92 Å². The van der Waals surface area contributed by atoms with E-state index in [2.05, 4.69) is 6.92 Å². The van der Waals surface area contributed by atoms with Crippen molar-refractivity contribution in [3.8, 4) is 0 Å². The molecule has 1 spiro atoms. The lowest BCUT2D eigenvalue weighted by Gasteiger charge is -2.36. The summed E-state index contributed by atoms with van der Waals surface area (Å²) >= 11 is 0. The highest BCUT2D eigenvalue weighted by Crippen LogP contribution is 2.59. The monoisotopic (exact) mass is 226 g/mol. The Kier molecular flexibility index (Phi) is 1.97. The summed E-state index contributed by atoms with van der Waals surface area (Å²) in [5.41, 5.74) is -0.958. The Morgan fingerprint density at radius 3 is 2.81 bits per heavy atom. The van der Waals surface area contributed by atoms with Crippen molar-refractivity contribution in [2.24, 2.45) is 5.92 Å². The van der Waals surface area contributed by atoms with E-state index in [-0.39, 0.29) is 18.0 Å². The van der Waals surface area contributed by atoms with Crippen LogP contribution in [0.2, 0.25) is 0 Å². The second-order valence-electron chi connectivity index (χ2n) is 5.55. The van der Waals surface area contributed by atoms with E-state index in [1.807, 2.05) is 6.92 Å². The van der Waals surface area contributed by atoms with Gasteiger partial charge in [-0.3, -0.25) is 4.79 Å². The summed E-state index contributed by atoms with van der Waals surface area (Å²) in [4.78, 5) is 11.4. The average molecular weight is 226 g/mol. The fourth-order valence-corrected chi connectivity index (χ4v) is 3.60. The maximum Gasteiger partial charge on any atom is 0.306 e. The molecule has 0 radical (unpaired) electrons. The Morgan fingerprint density at radius 2 is 2.19 bits per heavy atom. The first-order valence-corrected chi connectivity index (χ1v) is 6.07. The van der Waals surface area contributed by atoms with Crippen molar-refractivity contribution in [1.29, 1.82) is 0 Å². The van der Waals surface area contributed by atoms with E-state index in [0.717, 1.165) is 19.3 Å². The molecule has 0 aromatic carbocycles. The molecule has 16 heavy (non-hydrogen) atoms. The number of epoxide rings is 1. The lowest BCUT2D eigenvalue weighted by Crippen LogP contribution is -2.49. The molecule has 90 valence electrons. The largest absolute Gasteiger partial charge is 0.456 e. The van der Waals surface area contributed by atoms with Gasteiger partial charge in [0.15, 0.2) is 0 Å². The third kappa shape index (κ3) is 1.09. The molecule has 0 bridgehead atoms. The minimum atomic E-state index is -0.494. The number of carbonyl (C=O) groups is 1. The molecule has 2 saturated heterocycles. The van der Waals surface area contributed by atoms with Gasteiger partial charge in [0.25, 0.3) is 0 Å². The van der Waals surface area contributed by atoms with E-state index in [1.54, 1.807) is 0 Å². The minimum Gasteiger partial charge on any atom is -0.456 e. The molecule has 1 aliphatic carbocycles. The van der Waals surface area contributed by atoms with Crippen molar-refractivity contribution in [3.63, 3.8) is 0 Å². The third-order valence-electron chi connectivity index (χ3n) is 4.74. The van der Waals surface area contributed by atoms with Crippen LogP contribution in [0.5, 0.6) is 0 Å². The molecule has 0 amide bonds. The predicted octanol–water partition coefficient (Wildman–Crippen LogP) is 1.01. The highest BCUT2D eigenvalue weighted by atomic mass is 16.7. The molecule has 0 aromatic rings. The van der Waals surface area contributed by atoms with Crippen LogP contribution in [0.25, 0.3) is 0 Å².